The summed E-state index contributed by atoms with van der Waals surface area (Å²) in [5.41, 5.74) is 8.96. The molecule has 5 aromatic rings. The van der Waals surface area contributed by atoms with Crippen LogP contribution in [-0.2, 0) is 0 Å². The van der Waals surface area contributed by atoms with Gasteiger partial charge >= 0.3 is 6.03 Å². The second-order valence-electron chi connectivity index (χ2n) is 9.70. The van der Waals surface area contributed by atoms with Crippen molar-refractivity contribution < 1.29 is 14.3 Å². The van der Waals surface area contributed by atoms with E-state index in [4.69, 9.17) is 16.3 Å². The summed E-state index contributed by atoms with van der Waals surface area (Å²) >= 11 is 6.10. The van der Waals surface area contributed by atoms with Crippen molar-refractivity contribution in [2.45, 2.75) is 0 Å². The van der Waals surface area contributed by atoms with Crippen molar-refractivity contribution in [1.29, 1.82) is 0 Å². The maximum Gasteiger partial charge on any atom is 0.340 e. The van der Waals surface area contributed by atoms with Crippen molar-refractivity contribution in [1.82, 2.24) is 10.4 Å². The average Bonchev–Trinajstić information content (AvgIpc) is 3.49. The van der Waals surface area contributed by atoms with Crippen LogP contribution in [0.5, 0.6) is 11.5 Å². The summed E-state index contributed by atoms with van der Waals surface area (Å²) in [5.74, 6) is 1.17. The van der Waals surface area contributed by atoms with E-state index in [9.17, 15) is 9.59 Å². The van der Waals surface area contributed by atoms with Crippen molar-refractivity contribution in [3.63, 3.8) is 0 Å². The summed E-state index contributed by atoms with van der Waals surface area (Å²) < 4.78 is 5.95. The molecule has 1 heterocycles. The first-order valence-corrected chi connectivity index (χ1v) is 13.8. The third-order valence-corrected chi connectivity index (χ3v) is 7.11. The molecule has 0 aromatic heterocycles. The van der Waals surface area contributed by atoms with Gasteiger partial charge in [-0.1, -0.05) is 84.4 Å². The van der Waals surface area contributed by atoms with Crippen LogP contribution in [-0.4, -0.2) is 23.4 Å². The van der Waals surface area contributed by atoms with Crippen molar-refractivity contribution in [2.75, 3.05) is 11.9 Å². The molecule has 0 bridgehead atoms. The summed E-state index contributed by atoms with van der Waals surface area (Å²) in [5, 5.41) is 5.15. The van der Waals surface area contributed by atoms with Crippen LogP contribution in [0.2, 0.25) is 5.02 Å². The number of hydrazine groups is 1. The number of carbonyl (C=O) groups is 2. The van der Waals surface area contributed by atoms with E-state index in [1.165, 1.54) is 0 Å². The van der Waals surface area contributed by atoms with Gasteiger partial charge in [-0.2, -0.15) is 0 Å². The minimum absolute atomic E-state index is 0.0406. The molecule has 0 fully saturated rings. The van der Waals surface area contributed by atoms with E-state index in [1.54, 1.807) is 65.7 Å². The molecule has 0 atom stereocenters. The SMILES string of the molecule is O=C(c1ccccc1)c1ccc(Oc2ccc(NC(=O)N3CC(c4ccccc4)=C(c4ccc(Cl)cc4)N3)cc2)cc1. The van der Waals surface area contributed by atoms with Crippen LogP contribution >= 0.6 is 11.6 Å². The number of rotatable bonds is 7. The molecule has 0 spiro atoms. The normalized spacial score (nSPS) is 12.5. The predicted octanol–water partition coefficient (Wildman–Crippen LogP) is 8.28. The molecule has 2 N–H and O–H groups in total. The van der Waals surface area contributed by atoms with Crippen LogP contribution in [0, 0.1) is 0 Å². The highest BCUT2D eigenvalue weighted by Gasteiger charge is 2.27. The molecule has 0 saturated carbocycles. The molecule has 0 saturated heterocycles. The van der Waals surface area contributed by atoms with E-state index in [0.29, 0.717) is 39.9 Å². The quantitative estimate of drug-likeness (QED) is 0.193. The Morgan fingerprint density at radius 1 is 0.667 bits per heavy atom. The van der Waals surface area contributed by atoms with Crippen molar-refractivity contribution in [2.24, 2.45) is 0 Å². The highest BCUT2D eigenvalue weighted by molar-refractivity contribution is 6.30. The largest absolute Gasteiger partial charge is 0.457 e. The molecule has 1 aliphatic heterocycles. The van der Waals surface area contributed by atoms with Crippen molar-refractivity contribution in [3.8, 4) is 11.5 Å². The molecule has 6 rings (SSSR count). The van der Waals surface area contributed by atoms with Gasteiger partial charge in [0, 0.05) is 27.4 Å². The van der Waals surface area contributed by atoms with Crippen molar-refractivity contribution in [3.05, 3.63) is 161 Å². The van der Waals surface area contributed by atoms with Crippen LogP contribution in [0.3, 0.4) is 0 Å². The topological polar surface area (TPSA) is 70.7 Å². The molecule has 2 amide bonds. The highest BCUT2D eigenvalue weighted by atomic mass is 35.5. The van der Waals surface area contributed by atoms with E-state index in [0.717, 1.165) is 22.4 Å². The Hall–Kier alpha value is -5.33. The number of urea groups is 1. The van der Waals surface area contributed by atoms with E-state index in [2.05, 4.69) is 10.7 Å². The van der Waals surface area contributed by atoms with Crippen LogP contribution in [0.15, 0.2) is 133 Å². The summed E-state index contributed by atoms with van der Waals surface area (Å²) in [4.78, 5) is 25.9. The van der Waals surface area contributed by atoms with Gasteiger partial charge in [-0.15, -0.1) is 0 Å². The van der Waals surface area contributed by atoms with Crippen LogP contribution in [0.25, 0.3) is 11.3 Å². The monoisotopic (exact) mass is 571 g/mol. The van der Waals surface area contributed by atoms with Gasteiger partial charge in [-0.05, 0) is 71.8 Å². The van der Waals surface area contributed by atoms with Gasteiger partial charge in [0.15, 0.2) is 5.78 Å². The smallest absolute Gasteiger partial charge is 0.340 e. The first kappa shape index (κ1) is 26.9. The molecule has 7 heteroatoms. The number of anilines is 1. The molecule has 1 aliphatic rings. The number of nitrogens with zero attached hydrogens (tertiary/aromatic N) is 1. The lowest BCUT2D eigenvalue weighted by molar-refractivity contribution is 0.103. The molecule has 206 valence electrons. The molecular weight excluding hydrogens is 546 g/mol. The van der Waals surface area contributed by atoms with Crippen LogP contribution in [0.1, 0.15) is 27.0 Å². The standard InChI is InChI=1S/C35H26ClN3O3/c36-28-15-11-25(12-16-28)33-32(24-7-3-1-4-8-24)23-39(38-33)35(41)37-29-17-21-31(22-18-29)42-30-19-13-27(14-20-30)34(40)26-9-5-2-6-10-26/h1-22,38H,23H2,(H,37,41). The number of benzene rings is 5. The second-order valence-corrected chi connectivity index (χ2v) is 10.1. The lowest BCUT2D eigenvalue weighted by Gasteiger charge is -2.19. The predicted molar refractivity (Wildman–Crippen MR) is 166 cm³/mol. The lowest BCUT2D eigenvalue weighted by Crippen LogP contribution is -2.40. The number of hydrogen-bond acceptors (Lipinski definition) is 4. The Balaban J connectivity index is 1.10. The maximum atomic E-state index is 13.2. The Morgan fingerprint density at radius 3 is 1.88 bits per heavy atom. The first-order valence-electron chi connectivity index (χ1n) is 13.4. The lowest BCUT2D eigenvalue weighted by atomic mass is 10.0. The zero-order valence-electron chi connectivity index (χ0n) is 22.5. The van der Waals surface area contributed by atoms with Gasteiger partial charge in [-0.3, -0.25) is 10.2 Å². The van der Waals surface area contributed by atoms with E-state index in [-0.39, 0.29) is 11.8 Å². The highest BCUT2D eigenvalue weighted by Crippen LogP contribution is 2.31. The van der Waals surface area contributed by atoms with Gasteiger partial charge in [0.25, 0.3) is 0 Å². The zero-order chi connectivity index (χ0) is 28.9. The van der Waals surface area contributed by atoms with Gasteiger partial charge in [-0.25, -0.2) is 9.80 Å². The minimum Gasteiger partial charge on any atom is -0.457 e. The fraction of sp³-hybridized carbons (Fsp3) is 0.0286. The Morgan fingerprint density at radius 2 is 1.24 bits per heavy atom. The number of ether oxygens (including phenoxy) is 1. The minimum atomic E-state index is -0.292. The Kier molecular flexibility index (Phi) is 7.70. The molecule has 0 unspecified atom stereocenters. The third-order valence-electron chi connectivity index (χ3n) is 6.86. The number of halogens is 1. The van der Waals surface area contributed by atoms with Gasteiger partial charge in [0.05, 0.1) is 12.2 Å². The number of nitrogens with one attached hydrogen (secondary N) is 2. The molecular formula is C35H26ClN3O3. The summed E-state index contributed by atoms with van der Waals surface area (Å²) in [7, 11) is 0. The summed E-state index contributed by atoms with van der Waals surface area (Å²) in [6.45, 7) is 0.387. The fourth-order valence-electron chi connectivity index (χ4n) is 4.70. The Bertz CT molecular complexity index is 1740. The van der Waals surface area contributed by atoms with Gasteiger partial charge < -0.3 is 10.1 Å². The molecule has 6 nitrogen and oxygen atoms in total. The van der Waals surface area contributed by atoms with E-state index < -0.39 is 0 Å². The zero-order valence-corrected chi connectivity index (χ0v) is 23.2. The molecule has 5 aromatic carbocycles. The first-order chi connectivity index (χ1) is 20.5. The second kappa shape index (κ2) is 12.0. The van der Waals surface area contributed by atoms with Crippen LogP contribution in [0.4, 0.5) is 10.5 Å². The summed E-state index contributed by atoms with van der Waals surface area (Å²) in [6.07, 6.45) is 0. The van der Waals surface area contributed by atoms with Gasteiger partial charge in [0.1, 0.15) is 11.5 Å². The number of amides is 2. The number of hydrogen-bond donors (Lipinski definition) is 2. The third kappa shape index (κ3) is 6.04. The number of ketones is 1. The Labute approximate surface area is 248 Å². The number of carbonyl (C=O) groups excluding carboxylic acids is 2. The molecule has 0 aliphatic carbocycles. The van der Waals surface area contributed by atoms with E-state index >= 15 is 0 Å². The maximum absolute atomic E-state index is 13.2. The van der Waals surface area contributed by atoms with E-state index in [1.807, 2.05) is 72.8 Å². The van der Waals surface area contributed by atoms with Gasteiger partial charge in [0.2, 0.25) is 0 Å². The molecule has 0 radical (unpaired) electrons. The van der Waals surface area contributed by atoms with Crippen LogP contribution < -0.4 is 15.5 Å². The summed E-state index contributed by atoms with van der Waals surface area (Å²) in [6, 6.07) is 40.5. The van der Waals surface area contributed by atoms with Crippen molar-refractivity contribution >= 4 is 40.4 Å². The average molecular weight is 572 g/mol. The molecule has 42 heavy (non-hydrogen) atoms. The fourth-order valence-corrected chi connectivity index (χ4v) is 4.82.